The molecule has 1 aromatic rings. The minimum absolute atomic E-state index is 0. The third-order valence-corrected chi connectivity index (χ3v) is 4.26. The van der Waals surface area contributed by atoms with E-state index in [1.807, 2.05) is 18.4 Å². The standard InChI is InChI=1S/C13H20N2OS.ClH/c1-3-7-15(11-4-6-14-9-11)13(16)12-10(2)5-8-17-12;/h5,8,11,14H,3-4,6-7,9H2,1-2H3;1H. The molecule has 0 aromatic carbocycles. The highest BCUT2D eigenvalue weighted by atomic mass is 35.5. The summed E-state index contributed by atoms with van der Waals surface area (Å²) in [5, 5.41) is 5.34. The van der Waals surface area contributed by atoms with Crippen LogP contribution in [0.5, 0.6) is 0 Å². The van der Waals surface area contributed by atoms with Crippen LogP contribution in [0.25, 0.3) is 0 Å². The summed E-state index contributed by atoms with van der Waals surface area (Å²) in [6.45, 7) is 6.98. The molecule has 0 spiro atoms. The van der Waals surface area contributed by atoms with Gasteiger partial charge in [-0.25, -0.2) is 0 Å². The van der Waals surface area contributed by atoms with Crippen molar-refractivity contribution >= 4 is 29.7 Å². The van der Waals surface area contributed by atoms with Crippen molar-refractivity contribution in [3.8, 4) is 0 Å². The van der Waals surface area contributed by atoms with Crippen LogP contribution in [0, 0.1) is 6.92 Å². The molecule has 2 heterocycles. The summed E-state index contributed by atoms with van der Waals surface area (Å²) in [7, 11) is 0. The first-order chi connectivity index (χ1) is 8.24. The normalized spacial score (nSPS) is 18.4. The Morgan fingerprint density at radius 3 is 2.89 bits per heavy atom. The minimum Gasteiger partial charge on any atom is -0.334 e. The van der Waals surface area contributed by atoms with Crippen molar-refractivity contribution in [2.75, 3.05) is 19.6 Å². The van der Waals surface area contributed by atoms with E-state index in [0.717, 1.165) is 42.9 Å². The summed E-state index contributed by atoms with van der Waals surface area (Å²) in [5.41, 5.74) is 1.10. The Morgan fingerprint density at radius 1 is 1.61 bits per heavy atom. The van der Waals surface area contributed by atoms with Gasteiger partial charge in [-0.3, -0.25) is 4.79 Å². The summed E-state index contributed by atoms with van der Waals surface area (Å²) < 4.78 is 0. The Kier molecular flexibility index (Phi) is 6.12. The van der Waals surface area contributed by atoms with Crippen molar-refractivity contribution in [3.05, 3.63) is 21.9 Å². The molecule has 3 nitrogen and oxygen atoms in total. The topological polar surface area (TPSA) is 32.3 Å². The Balaban J connectivity index is 0.00000162. The average Bonchev–Trinajstić information content (AvgIpc) is 2.95. The highest BCUT2D eigenvalue weighted by Crippen LogP contribution is 2.21. The van der Waals surface area contributed by atoms with E-state index in [2.05, 4.69) is 17.1 Å². The summed E-state index contributed by atoms with van der Waals surface area (Å²) in [5.74, 6) is 0.216. The lowest BCUT2D eigenvalue weighted by Gasteiger charge is -2.28. The molecule has 0 bridgehead atoms. The molecule has 1 saturated heterocycles. The van der Waals surface area contributed by atoms with E-state index in [-0.39, 0.29) is 18.3 Å². The van der Waals surface area contributed by atoms with Crippen molar-refractivity contribution in [3.63, 3.8) is 0 Å². The molecule has 18 heavy (non-hydrogen) atoms. The molecule has 1 N–H and O–H groups in total. The summed E-state index contributed by atoms with van der Waals surface area (Å²) in [4.78, 5) is 15.5. The van der Waals surface area contributed by atoms with Crippen molar-refractivity contribution < 1.29 is 4.79 Å². The zero-order valence-corrected chi connectivity index (χ0v) is 12.6. The van der Waals surface area contributed by atoms with Crippen LogP contribution in [0.1, 0.15) is 35.0 Å². The number of amides is 1. The number of nitrogens with zero attached hydrogens (tertiary/aromatic N) is 1. The number of halogens is 1. The van der Waals surface area contributed by atoms with Gasteiger partial charge in [0, 0.05) is 19.1 Å². The highest BCUT2D eigenvalue weighted by molar-refractivity contribution is 7.12. The van der Waals surface area contributed by atoms with Gasteiger partial charge >= 0.3 is 0 Å². The van der Waals surface area contributed by atoms with E-state index in [4.69, 9.17) is 0 Å². The van der Waals surface area contributed by atoms with Crippen LogP contribution in [-0.2, 0) is 0 Å². The van der Waals surface area contributed by atoms with Gasteiger partial charge in [0.05, 0.1) is 4.88 Å². The quantitative estimate of drug-likeness (QED) is 0.924. The van der Waals surface area contributed by atoms with Gasteiger partial charge in [0.2, 0.25) is 0 Å². The van der Waals surface area contributed by atoms with E-state index in [0.29, 0.717) is 6.04 Å². The van der Waals surface area contributed by atoms with Gasteiger partial charge in [-0.1, -0.05) is 6.92 Å². The predicted molar refractivity (Wildman–Crippen MR) is 78.9 cm³/mol. The van der Waals surface area contributed by atoms with E-state index in [1.165, 1.54) is 0 Å². The second kappa shape index (κ2) is 7.12. The molecule has 1 amide bonds. The monoisotopic (exact) mass is 288 g/mol. The minimum atomic E-state index is 0. The number of carbonyl (C=O) groups excluding carboxylic acids is 1. The first-order valence-corrected chi connectivity index (χ1v) is 7.17. The van der Waals surface area contributed by atoms with Crippen LogP contribution in [0.3, 0.4) is 0 Å². The fraction of sp³-hybridized carbons (Fsp3) is 0.615. The molecule has 0 saturated carbocycles. The van der Waals surface area contributed by atoms with Gasteiger partial charge in [-0.15, -0.1) is 23.7 Å². The largest absolute Gasteiger partial charge is 0.334 e. The van der Waals surface area contributed by atoms with Gasteiger partial charge in [0.25, 0.3) is 5.91 Å². The summed E-state index contributed by atoms with van der Waals surface area (Å²) >= 11 is 1.56. The van der Waals surface area contributed by atoms with Gasteiger partial charge in [0.15, 0.2) is 0 Å². The average molecular weight is 289 g/mol. The second-order valence-electron chi connectivity index (χ2n) is 4.58. The summed E-state index contributed by atoms with van der Waals surface area (Å²) in [6, 6.07) is 2.40. The SMILES string of the molecule is CCCN(C(=O)c1sccc1C)C1CCNC1.Cl. The first-order valence-electron chi connectivity index (χ1n) is 6.29. The predicted octanol–water partition coefficient (Wildman–Crippen LogP) is 2.69. The van der Waals surface area contributed by atoms with Crippen molar-refractivity contribution in [1.29, 1.82) is 0 Å². The summed E-state index contributed by atoms with van der Waals surface area (Å²) in [6.07, 6.45) is 2.10. The van der Waals surface area contributed by atoms with Crippen molar-refractivity contribution in [2.24, 2.45) is 0 Å². The van der Waals surface area contributed by atoms with E-state index in [1.54, 1.807) is 11.3 Å². The van der Waals surface area contributed by atoms with E-state index in [9.17, 15) is 4.79 Å². The number of aryl methyl sites for hydroxylation is 1. The molecule has 1 unspecified atom stereocenters. The van der Waals surface area contributed by atoms with Crippen LogP contribution in [-0.4, -0.2) is 36.5 Å². The second-order valence-corrected chi connectivity index (χ2v) is 5.49. The fourth-order valence-electron chi connectivity index (χ4n) is 2.32. The van der Waals surface area contributed by atoms with Gasteiger partial charge < -0.3 is 10.2 Å². The lowest BCUT2D eigenvalue weighted by molar-refractivity contribution is 0.0696. The lowest BCUT2D eigenvalue weighted by atomic mass is 10.2. The smallest absolute Gasteiger partial charge is 0.264 e. The molecular weight excluding hydrogens is 268 g/mol. The zero-order chi connectivity index (χ0) is 12.3. The maximum absolute atomic E-state index is 12.5. The van der Waals surface area contributed by atoms with Crippen molar-refractivity contribution in [1.82, 2.24) is 10.2 Å². The maximum atomic E-state index is 12.5. The van der Waals surface area contributed by atoms with Gasteiger partial charge in [-0.05, 0) is 43.3 Å². The lowest BCUT2D eigenvalue weighted by Crippen LogP contribution is -2.42. The Bertz CT molecular complexity index is 388. The van der Waals surface area contributed by atoms with E-state index >= 15 is 0 Å². The molecule has 1 aliphatic rings. The van der Waals surface area contributed by atoms with Gasteiger partial charge in [-0.2, -0.15) is 0 Å². The van der Waals surface area contributed by atoms with Crippen LogP contribution in [0.4, 0.5) is 0 Å². The van der Waals surface area contributed by atoms with E-state index < -0.39 is 0 Å². The Morgan fingerprint density at radius 2 is 2.39 bits per heavy atom. The van der Waals surface area contributed by atoms with Crippen LogP contribution >= 0.6 is 23.7 Å². The molecule has 1 aliphatic heterocycles. The molecule has 5 heteroatoms. The molecule has 1 atom stereocenters. The van der Waals surface area contributed by atoms with Crippen LogP contribution in [0.15, 0.2) is 11.4 Å². The zero-order valence-electron chi connectivity index (χ0n) is 10.9. The van der Waals surface area contributed by atoms with Crippen LogP contribution < -0.4 is 5.32 Å². The number of carbonyl (C=O) groups is 1. The molecular formula is C13H21ClN2OS. The number of hydrogen-bond acceptors (Lipinski definition) is 3. The number of thiophene rings is 1. The number of nitrogens with one attached hydrogen (secondary N) is 1. The number of rotatable bonds is 4. The van der Waals surface area contributed by atoms with Crippen molar-refractivity contribution in [2.45, 2.75) is 32.7 Å². The molecule has 2 rings (SSSR count). The first kappa shape index (κ1) is 15.5. The maximum Gasteiger partial charge on any atom is 0.264 e. The molecule has 0 radical (unpaired) electrons. The molecule has 102 valence electrons. The molecule has 1 fully saturated rings. The number of hydrogen-bond donors (Lipinski definition) is 1. The fourth-order valence-corrected chi connectivity index (χ4v) is 3.20. The molecule has 1 aromatic heterocycles. The third-order valence-electron chi connectivity index (χ3n) is 3.26. The Hall–Kier alpha value is -0.580. The molecule has 0 aliphatic carbocycles. The third kappa shape index (κ3) is 3.25. The van der Waals surface area contributed by atoms with Crippen LogP contribution in [0.2, 0.25) is 0 Å². The Labute approximate surface area is 119 Å². The van der Waals surface area contributed by atoms with Gasteiger partial charge in [0.1, 0.15) is 0 Å². The highest BCUT2D eigenvalue weighted by Gasteiger charge is 2.27.